The monoisotopic (exact) mass is 742 g/mol. The first-order valence-corrected chi connectivity index (χ1v) is 17.2. The van der Waals surface area contributed by atoms with Crippen LogP contribution in [0.2, 0.25) is 10.0 Å². The summed E-state index contributed by atoms with van der Waals surface area (Å²) in [5.41, 5.74) is -1.88. The van der Waals surface area contributed by atoms with Gasteiger partial charge in [-0.3, -0.25) is 24.2 Å². The van der Waals surface area contributed by atoms with Gasteiger partial charge in [0.1, 0.15) is 28.9 Å². The third-order valence-electron chi connectivity index (χ3n) is 8.84. The maximum Gasteiger partial charge on any atom is 0.524 e. The van der Waals surface area contributed by atoms with E-state index in [0.29, 0.717) is 12.8 Å². The smallest absolute Gasteiger partial charge is 0.484 e. The summed E-state index contributed by atoms with van der Waals surface area (Å²) in [6.07, 6.45) is 1.26. The van der Waals surface area contributed by atoms with Crippen molar-refractivity contribution in [3.05, 3.63) is 87.9 Å². The molecule has 1 unspecified atom stereocenters. The van der Waals surface area contributed by atoms with Crippen molar-refractivity contribution in [2.45, 2.75) is 49.1 Å². The molecule has 3 aliphatic carbocycles. The molecule has 5 N–H and O–H groups in total. The van der Waals surface area contributed by atoms with E-state index in [2.05, 4.69) is 10.6 Å². The number of halogens is 4. The van der Waals surface area contributed by atoms with Gasteiger partial charge in [0.2, 0.25) is 0 Å². The predicted molar refractivity (Wildman–Crippen MR) is 172 cm³/mol. The van der Waals surface area contributed by atoms with Crippen LogP contribution in [-0.4, -0.2) is 57.0 Å². The van der Waals surface area contributed by atoms with Gasteiger partial charge >= 0.3 is 13.8 Å². The third kappa shape index (κ3) is 8.81. The van der Waals surface area contributed by atoms with Crippen LogP contribution < -0.4 is 24.6 Å². The Bertz CT molecular complexity index is 1800. The number of carbonyl (C=O) groups is 3. The predicted octanol–water partition coefficient (Wildman–Crippen LogP) is 5.37. The number of phosphoric ester groups is 1. The lowest BCUT2D eigenvalue weighted by molar-refractivity contribution is -0.146. The maximum absolute atomic E-state index is 13.9. The highest BCUT2D eigenvalue weighted by atomic mass is 35.5. The van der Waals surface area contributed by atoms with Crippen molar-refractivity contribution in [2.24, 2.45) is 5.92 Å². The lowest BCUT2D eigenvalue weighted by Gasteiger charge is -2.59. The summed E-state index contributed by atoms with van der Waals surface area (Å²) in [5, 5.41) is 16.3. The van der Waals surface area contributed by atoms with E-state index in [1.807, 2.05) is 0 Å². The molecule has 2 bridgehead atoms. The second-order valence-electron chi connectivity index (χ2n) is 12.0. The van der Waals surface area contributed by atoms with Gasteiger partial charge < -0.3 is 29.7 Å². The molecule has 3 saturated carbocycles. The zero-order chi connectivity index (χ0) is 35.6. The average Bonchev–Trinajstić information content (AvgIpc) is 3.02. The second-order valence-corrected chi connectivity index (χ2v) is 14.0. The lowest BCUT2D eigenvalue weighted by Crippen LogP contribution is -2.69. The van der Waals surface area contributed by atoms with Crippen molar-refractivity contribution in [2.75, 3.05) is 13.2 Å². The van der Waals surface area contributed by atoms with Crippen LogP contribution >= 0.6 is 31.0 Å². The zero-order valence-electron chi connectivity index (χ0n) is 25.5. The molecule has 0 radical (unpaired) electrons. The van der Waals surface area contributed by atoms with Crippen LogP contribution in [0, 0.1) is 17.6 Å². The summed E-state index contributed by atoms with van der Waals surface area (Å²) in [4.78, 5) is 58.0. The van der Waals surface area contributed by atoms with Crippen LogP contribution in [0.4, 0.5) is 8.78 Å². The van der Waals surface area contributed by atoms with Gasteiger partial charge in [-0.1, -0.05) is 35.3 Å². The summed E-state index contributed by atoms with van der Waals surface area (Å²) in [5.74, 6) is -6.23. The number of amides is 2. The summed E-state index contributed by atoms with van der Waals surface area (Å²) >= 11 is 11.4. The molecule has 3 aliphatic rings. The Morgan fingerprint density at radius 1 is 0.837 bits per heavy atom. The molecular formula is C32H31Cl2F2N2O10P. The van der Waals surface area contributed by atoms with Gasteiger partial charge in [0.05, 0.1) is 16.0 Å². The minimum Gasteiger partial charge on any atom is -0.484 e. The molecule has 0 saturated heterocycles. The molecule has 2 atom stereocenters. The van der Waals surface area contributed by atoms with E-state index in [4.69, 9.17) is 37.2 Å². The third-order valence-corrected chi connectivity index (χ3v) is 9.91. The second kappa shape index (κ2) is 14.5. The minimum atomic E-state index is -4.97. The fraction of sp³-hybridized carbons (Fsp3) is 0.344. The Morgan fingerprint density at radius 3 is 1.90 bits per heavy atom. The van der Waals surface area contributed by atoms with Crippen LogP contribution in [0.15, 0.2) is 60.7 Å². The fourth-order valence-electron chi connectivity index (χ4n) is 6.72. The minimum absolute atomic E-state index is 0.0500. The van der Waals surface area contributed by atoms with E-state index < -0.39 is 73.4 Å². The van der Waals surface area contributed by atoms with Crippen molar-refractivity contribution in [3.8, 4) is 17.2 Å². The molecule has 0 spiro atoms. The van der Waals surface area contributed by atoms with Gasteiger partial charge in [-0.2, -0.15) is 0 Å². The van der Waals surface area contributed by atoms with Crippen LogP contribution in [0.5, 0.6) is 17.2 Å². The molecular weight excluding hydrogens is 712 g/mol. The molecule has 3 aromatic carbocycles. The number of phosphoric acid groups is 1. The van der Waals surface area contributed by atoms with E-state index >= 15 is 0 Å². The van der Waals surface area contributed by atoms with Gasteiger partial charge in [-0.05, 0) is 74.1 Å². The Kier molecular flexibility index (Phi) is 10.8. The standard InChI is InChI=1S/C32H31Cl2F2N2O10P/c33-23-6-4-19(13-25(23)35)46-16-27(39)37-31-8-10-32(11-9-31,38-28(40)17-47-20-5-7-24(34)26(36)14-20)22(15-31)29(30(41)42)18-2-1-3-21(12-18)48-49(43,44)45/h1-7,12-14,22,29H,8-11,15-17H2,(H,37,39)(H,38,40)(H,41,42)(H2,43,44,45)/t22?,29-,31?,32?/m1/s1. The number of rotatable bonds is 13. The first-order valence-electron chi connectivity index (χ1n) is 14.9. The van der Waals surface area contributed by atoms with Crippen LogP contribution in [0.25, 0.3) is 0 Å². The van der Waals surface area contributed by atoms with E-state index in [0.717, 1.165) is 12.1 Å². The van der Waals surface area contributed by atoms with E-state index in [-0.39, 0.29) is 52.1 Å². The number of benzene rings is 3. The molecule has 17 heteroatoms. The fourth-order valence-corrected chi connectivity index (χ4v) is 7.35. The van der Waals surface area contributed by atoms with Crippen LogP contribution in [-0.2, 0) is 18.9 Å². The molecule has 3 aromatic rings. The van der Waals surface area contributed by atoms with Gasteiger partial charge in [0.25, 0.3) is 11.8 Å². The number of carbonyl (C=O) groups excluding carboxylic acids is 2. The molecule has 49 heavy (non-hydrogen) atoms. The molecule has 0 heterocycles. The highest BCUT2D eigenvalue weighted by molar-refractivity contribution is 7.46. The SMILES string of the molecule is O=C(COc1ccc(Cl)c(F)c1)NC12CCC(NC(=O)COc3ccc(Cl)c(F)c3)(CC1)C([C@H](C(=O)O)c1cccc(OP(=O)(O)O)c1)C2. The van der Waals surface area contributed by atoms with Gasteiger partial charge in [0.15, 0.2) is 13.2 Å². The van der Waals surface area contributed by atoms with Gasteiger partial charge in [-0.25, -0.2) is 13.3 Å². The summed E-state index contributed by atoms with van der Waals surface area (Å²) in [6.45, 7) is -0.995. The van der Waals surface area contributed by atoms with Crippen molar-refractivity contribution in [1.29, 1.82) is 0 Å². The maximum atomic E-state index is 13.9. The molecule has 262 valence electrons. The number of hydrogen-bond donors (Lipinski definition) is 5. The number of nitrogens with one attached hydrogen (secondary N) is 2. The molecule has 3 fully saturated rings. The van der Waals surface area contributed by atoms with Crippen molar-refractivity contribution in [1.82, 2.24) is 10.6 Å². The number of hydrogen-bond acceptors (Lipinski definition) is 7. The highest BCUT2D eigenvalue weighted by Crippen LogP contribution is 2.55. The van der Waals surface area contributed by atoms with Crippen molar-refractivity contribution < 1.29 is 56.6 Å². The van der Waals surface area contributed by atoms with E-state index in [1.54, 1.807) is 0 Å². The summed E-state index contributed by atoms with van der Waals surface area (Å²) in [7, 11) is -4.97. The molecule has 12 nitrogen and oxygen atoms in total. The quantitative estimate of drug-likeness (QED) is 0.143. The zero-order valence-corrected chi connectivity index (χ0v) is 27.9. The van der Waals surface area contributed by atoms with Gasteiger partial charge in [-0.15, -0.1) is 0 Å². The first-order chi connectivity index (χ1) is 23.1. The first kappa shape index (κ1) is 36.3. The van der Waals surface area contributed by atoms with Crippen molar-refractivity contribution in [3.63, 3.8) is 0 Å². The number of fused-ring (bicyclic) bond motifs is 3. The summed E-state index contributed by atoms with van der Waals surface area (Å²) in [6, 6.07) is 12.7. The van der Waals surface area contributed by atoms with Crippen LogP contribution in [0.3, 0.4) is 0 Å². The Hall–Kier alpha value is -3.94. The average molecular weight is 743 g/mol. The Balaban J connectivity index is 1.39. The molecule has 0 aliphatic heterocycles. The number of aliphatic carboxylic acids is 1. The molecule has 6 rings (SSSR count). The number of carboxylic acids is 1. The number of carboxylic acid groups (broad SMARTS) is 1. The van der Waals surface area contributed by atoms with Gasteiger partial charge in [0, 0.05) is 29.1 Å². The van der Waals surface area contributed by atoms with E-state index in [9.17, 15) is 42.6 Å². The normalized spacial score (nSPS) is 22.1. The number of ether oxygens (including phenoxy) is 2. The molecule has 0 aromatic heterocycles. The van der Waals surface area contributed by atoms with Crippen LogP contribution in [0.1, 0.15) is 43.6 Å². The molecule has 2 amide bonds. The van der Waals surface area contributed by atoms with E-state index in [1.165, 1.54) is 48.5 Å². The Morgan fingerprint density at radius 2 is 1.39 bits per heavy atom. The highest BCUT2D eigenvalue weighted by Gasteiger charge is 2.59. The Labute approximate surface area is 288 Å². The lowest BCUT2D eigenvalue weighted by atomic mass is 9.52. The summed E-state index contributed by atoms with van der Waals surface area (Å²) < 4.78 is 54.9. The largest absolute Gasteiger partial charge is 0.524 e. The topological polar surface area (TPSA) is 181 Å². The van der Waals surface area contributed by atoms with Crippen molar-refractivity contribution >= 4 is 48.8 Å².